The number of carbonyl (C=O) groups excluding carboxylic acids is 1. The van der Waals surface area contributed by atoms with Crippen molar-refractivity contribution in [2.75, 3.05) is 25.1 Å². The zero-order chi connectivity index (χ0) is 25.1. The lowest BCUT2D eigenvalue weighted by molar-refractivity contribution is -0.112. The highest BCUT2D eigenvalue weighted by atomic mass is 16.5. The fraction of sp³-hybridized carbons (Fsp3) is 0.400. The van der Waals surface area contributed by atoms with E-state index in [0.717, 1.165) is 78.7 Å². The van der Waals surface area contributed by atoms with Crippen LogP contribution in [0.1, 0.15) is 62.8 Å². The number of allylic oxidation sites excluding steroid dienone is 1. The van der Waals surface area contributed by atoms with Gasteiger partial charge in [-0.3, -0.25) is 5.43 Å². The molecule has 0 spiro atoms. The summed E-state index contributed by atoms with van der Waals surface area (Å²) in [6.45, 7) is 5.49. The summed E-state index contributed by atoms with van der Waals surface area (Å²) in [7, 11) is 2.10. The lowest BCUT2D eigenvalue weighted by Gasteiger charge is -2.32. The van der Waals surface area contributed by atoms with Crippen molar-refractivity contribution in [2.24, 2.45) is 5.10 Å². The van der Waals surface area contributed by atoms with E-state index in [2.05, 4.69) is 53.4 Å². The van der Waals surface area contributed by atoms with Gasteiger partial charge in [-0.05, 0) is 73.1 Å². The van der Waals surface area contributed by atoms with Crippen LogP contribution in [-0.2, 0) is 16.6 Å². The van der Waals surface area contributed by atoms with Crippen LogP contribution < -0.4 is 15.1 Å². The van der Waals surface area contributed by atoms with Gasteiger partial charge in [0.2, 0.25) is 0 Å². The number of likely N-dealkylation sites (N-methyl/N-ethyl adjacent to an activating group) is 1. The Hall–Kier alpha value is -3.54. The molecular formula is C30H36N4O2. The number of nitrogens with zero attached hydrogens (tertiary/aromatic N) is 2. The third kappa shape index (κ3) is 4.41. The van der Waals surface area contributed by atoms with Gasteiger partial charge in [0.25, 0.3) is 0 Å². The summed E-state index contributed by atoms with van der Waals surface area (Å²) in [6, 6.07) is 14.4. The first-order chi connectivity index (χ1) is 17.6. The van der Waals surface area contributed by atoms with Gasteiger partial charge >= 0.3 is 0 Å². The number of fused-ring (bicyclic) bond motifs is 6. The van der Waals surface area contributed by atoms with E-state index in [1.54, 1.807) is 0 Å². The normalized spacial score (nSPS) is 15.2. The van der Waals surface area contributed by atoms with Gasteiger partial charge in [-0.15, -0.1) is 0 Å². The standard InChI is InChI=1S/C30H36N4O2/c1-4-30(5-2,20-35)25-18-26-24(17-28(25)34(3)14-15-36-22-11-7-6-8-12-22)23-13-9-10-21-16-27(29(23)32-26)33-31-19-21/h6-8,11-12,17-20,31-32H,4-5,9-10,13-16H2,1-3H3. The van der Waals surface area contributed by atoms with Crippen molar-refractivity contribution in [3.05, 3.63) is 71.1 Å². The quantitative estimate of drug-likeness (QED) is 0.374. The molecule has 2 bridgehead atoms. The summed E-state index contributed by atoms with van der Waals surface area (Å²) in [5.74, 6) is 0.869. The second kappa shape index (κ2) is 10.2. The Balaban J connectivity index is 1.57. The number of hydrogen-bond donors (Lipinski definition) is 2. The molecular weight excluding hydrogens is 448 g/mol. The molecule has 0 atom stereocenters. The summed E-state index contributed by atoms with van der Waals surface area (Å²) >= 11 is 0. The van der Waals surface area contributed by atoms with E-state index in [0.29, 0.717) is 13.2 Å². The highest BCUT2D eigenvalue weighted by Gasteiger charge is 2.33. The summed E-state index contributed by atoms with van der Waals surface area (Å²) in [5, 5.41) is 5.84. The van der Waals surface area contributed by atoms with Crippen molar-refractivity contribution >= 4 is 28.6 Å². The molecule has 1 aromatic heterocycles. The van der Waals surface area contributed by atoms with Gasteiger partial charge in [0.15, 0.2) is 0 Å². The summed E-state index contributed by atoms with van der Waals surface area (Å²) < 4.78 is 6.00. The van der Waals surface area contributed by atoms with Crippen LogP contribution in [-0.4, -0.2) is 37.2 Å². The average Bonchev–Trinajstić information content (AvgIpc) is 3.27. The smallest absolute Gasteiger partial charge is 0.130 e. The maximum atomic E-state index is 12.5. The van der Waals surface area contributed by atoms with E-state index >= 15 is 0 Å². The first-order valence-corrected chi connectivity index (χ1v) is 13.1. The molecule has 2 N–H and O–H groups in total. The lowest BCUT2D eigenvalue weighted by atomic mass is 9.76. The van der Waals surface area contributed by atoms with Gasteiger partial charge in [0.1, 0.15) is 18.6 Å². The Kier molecular flexibility index (Phi) is 6.86. The summed E-state index contributed by atoms with van der Waals surface area (Å²) in [5.41, 5.74) is 10.8. The number of rotatable bonds is 9. The Labute approximate surface area is 213 Å². The molecule has 0 saturated carbocycles. The Morgan fingerprint density at radius 3 is 2.69 bits per heavy atom. The number of nitrogens with one attached hydrogen (secondary N) is 2. The van der Waals surface area contributed by atoms with Gasteiger partial charge in [0.05, 0.1) is 23.4 Å². The van der Waals surface area contributed by atoms with Crippen LogP contribution >= 0.6 is 0 Å². The Morgan fingerprint density at radius 1 is 1.14 bits per heavy atom. The van der Waals surface area contributed by atoms with E-state index in [1.165, 1.54) is 16.5 Å². The predicted molar refractivity (Wildman–Crippen MR) is 147 cm³/mol. The fourth-order valence-electron chi connectivity index (χ4n) is 5.61. The lowest BCUT2D eigenvalue weighted by Crippen LogP contribution is -2.31. The van der Waals surface area contributed by atoms with Crippen LogP contribution in [0, 0.1) is 0 Å². The number of hydrazone groups is 1. The highest BCUT2D eigenvalue weighted by molar-refractivity contribution is 6.07. The van der Waals surface area contributed by atoms with Crippen LogP contribution in [0.5, 0.6) is 5.75 Å². The van der Waals surface area contributed by atoms with Gasteiger partial charge in [-0.25, -0.2) is 0 Å². The monoisotopic (exact) mass is 484 g/mol. The number of aromatic amines is 1. The van der Waals surface area contributed by atoms with Crippen LogP contribution in [0.2, 0.25) is 0 Å². The van der Waals surface area contributed by atoms with Crippen LogP contribution in [0.25, 0.3) is 10.9 Å². The number of aromatic nitrogens is 1. The number of aryl methyl sites for hydroxylation is 1. The molecule has 188 valence electrons. The molecule has 2 heterocycles. The third-order valence-corrected chi connectivity index (χ3v) is 7.97. The molecule has 6 heteroatoms. The molecule has 6 nitrogen and oxygen atoms in total. The van der Waals surface area contributed by atoms with Crippen molar-refractivity contribution < 1.29 is 9.53 Å². The molecule has 0 radical (unpaired) electrons. The van der Waals surface area contributed by atoms with Crippen LogP contribution in [0.4, 0.5) is 5.69 Å². The van der Waals surface area contributed by atoms with Crippen molar-refractivity contribution in [2.45, 2.75) is 57.8 Å². The summed E-state index contributed by atoms with van der Waals surface area (Å²) in [6.07, 6.45) is 8.78. The molecule has 2 aromatic carbocycles. The molecule has 5 rings (SSSR count). The average molecular weight is 485 g/mol. The van der Waals surface area contributed by atoms with Crippen LogP contribution in [0.3, 0.4) is 0 Å². The number of H-pyrrole nitrogens is 1. The minimum Gasteiger partial charge on any atom is -0.492 e. The number of carbonyl (C=O) groups is 1. The highest BCUT2D eigenvalue weighted by Crippen LogP contribution is 2.41. The Bertz CT molecular complexity index is 1300. The topological polar surface area (TPSA) is 69.7 Å². The number of anilines is 1. The molecule has 3 aromatic rings. The van der Waals surface area contributed by atoms with Crippen molar-refractivity contribution in [3.8, 4) is 5.75 Å². The fourth-order valence-corrected chi connectivity index (χ4v) is 5.61. The largest absolute Gasteiger partial charge is 0.492 e. The predicted octanol–water partition coefficient (Wildman–Crippen LogP) is 5.86. The number of aldehydes is 1. The van der Waals surface area contributed by atoms with Crippen molar-refractivity contribution in [3.63, 3.8) is 0 Å². The number of benzene rings is 2. The number of para-hydroxylation sites is 1. The third-order valence-electron chi connectivity index (χ3n) is 7.97. The molecule has 0 unspecified atom stereocenters. The first-order valence-electron chi connectivity index (χ1n) is 13.1. The second-order valence-corrected chi connectivity index (χ2v) is 9.98. The van der Waals surface area contributed by atoms with Gasteiger partial charge < -0.3 is 19.4 Å². The molecule has 2 aliphatic rings. The summed E-state index contributed by atoms with van der Waals surface area (Å²) in [4.78, 5) is 18.5. The molecule has 1 aliphatic heterocycles. The zero-order valence-electron chi connectivity index (χ0n) is 21.6. The minimum absolute atomic E-state index is 0.530. The molecule has 0 saturated heterocycles. The van der Waals surface area contributed by atoms with Crippen molar-refractivity contribution in [1.29, 1.82) is 0 Å². The van der Waals surface area contributed by atoms with Gasteiger partial charge in [-0.2, -0.15) is 5.10 Å². The second-order valence-electron chi connectivity index (χ2n) is 9.98. The van der Waals surface area contributed by atoms with E-state index in [4.69, 9.17) is 4.74 Å². The van der Waals surface area contributed by atoms with E-state index in [-0.39, 0.29) is 0 Å². The Morgan fingerprint density at radius 2 is 1.94 bits per heavy atom. The minimum atomic E-state index is -0.530. The molecule has 0 amide bonds. The van der Waals surface area contributed by atoms with Crippen LogP contribution in [0.15, 0.2) is 59.3 Å². The molecule has 0 fully saturated rings. The maximum absolute atomic E-state index is 12.5. The zero-order valence-corrected chi connectivity index (χ0v) is 21.6. The van der Waals surface area contributed by atoms with E-state index < -0.39 is 5.41 Å². The SMILES string of the molecule is CCC(C=O)(CC)c1cc2[nH]c3c(c2cc1N(C)CCOc1ccccc1)CCCC1=CNN=C3C1. The van der Waals surface area contributed by atoms with Gasteiger partial charge in [-0.1, -0.05) is 32.0 Å². The first kappa shape index (κ1) is 24.2. The van der Waals surface area contributed by atoms with E-state index in [1.807, 2.05) is 36.5 Å². The van der Waals surface area contributed by atoms with Gasteiger partial charge in [0, 0.05) is 36.3 Å². The molecule has 1 aliphatic carbocycles. The van der Waals surface area contributed by atoms with E-state index in [9.17, 15) is 4.79 Å². The number of ether oxygens (including phenoxy) is 1. The molecule has 36 heavy (non-hydrogen) atoms. The van der Waals surface area contributed by atoms with Crippen molar-refractivity contribution in [1.82, 2.24) is 10.4 Å². The maximum Gasteiger partial charge on any atom is 0.130 e. The number of hydrogen-bond acceptors (Lipinski definition) is 5.